The molecule has 3 aromatic rings. The molecule has 1 aliphatic rings. The molecule has 3 amide bonds. The number of halogens is 2. The third kappa shape index (κ3) is 9.03. The van der Waals surface area contributed by atoms with E-state index in [0.717, 1.165) is 24.5 Å². The summed E-state index contributed by atoms with van der Waals surface area (Å²) in [6.45, 7) is 6.59. The molecule has 4 rings (SSSR count). The van der Waals surface area contributed by atoms with Gasteiger partial charge in [0.05, 0.1) is 12.6 Å². The summed E-state index contributed by atoms with van der Waals surface area (Å²) in [6, 6.07) is 18.3. The van der Waals surface area contributed by atoms with Crippen molar-refractivity contribution in [3.8, 4) is 0 Å². The molecular weight excluding hydrogens is 616 g/mol. The van der Waals surface area contributed by atoms with Gasteiger partial charge >= 0.3 is 0 Å². The Morgan fingerprint density at radius 3 is 2.25 bits per heavy atom. The zero-order valence-electron chi connectivity index (χ0n) is 28.1. The van der Waals surface area contributed by atoms with Crippen molar-refractivity contribution in [1.82, 2.24) is 20.4 Å². The Bertz CT molecular complexity index is 1510. The summed E-state index contributed by atoms with van der Waals surface area (Å²) in [4.78, 5) is 43.0. The minimum Gasteiger partial charge on any atom is -0.498 e. The van der Waals surface area contributed by atoms with Crippen LogP contribution in [-0.4, -0.2) is 84.7 Å². The first kappa shape index (κ1) is 36.6. The molecule has 48 heavy (non-hydrogen) atoms. The second kappa shape index (κ2) is 17.3. The molecule has 1 fully saturated rings. The Kier molecular flexibility index (Phi) is 13.2. The molecular formula is C37H47F2N5O4. The van der Waals surface area contributed by atoms with Gasteiger partial charge in [0.25, 0.3) is 17.9 Å². The molecule has 1 aliphatic heterocycles. The average Bonchev–Trinajstić information content (AvgIpc) is 3.07. The topological polar surface area (TPSA) is 105 Å². The molecule has 0 bridgehead atoms. The number of nitrogens with one attached hydrogen (secondary N) is 2. The molecule has 0 spiro atoms. The number of hydrogen-bond acceptors (Lipinski definition) is 6. The third-order valence-corrected chi connectivity index (χ3v) is 9.09. The van der Waals surface area contributed by atoms with E-state index in [2.05, 4.69) is 10.6 Å². The lowest BCUT2D eigenvalue weighted by molar-refractivity contribution is -0.911. The highest BCUT2D eigenvalue weighted by Gasteiger charge is 2.49. The monoisotopic (exact) mass is 663 g/mol. The molecule has 3 atom stereocenters. The standard InChI is InChI=1S/C37H47F2N5O4/c1-4-17-43(18-5-2)36(46)29-14-9-13-28(21-29)35(45)41-16-10-15-33-34(30-22-31(38)24-32(39)23-30)42(3)19-20-44(33,37(47)48)26-40-25-27-11-7-6-8-12-27/h6-9,11-14,21-24,33-34,40H,4-5,10,15-20,25-26H2,1-3H3,(H-,41,45,47,48). The quantitative estimate of drug-likeness (QED) is 0.181. The highest BCUT2D eigenvalue weighted by molar-refractivity contribution is 5.99. The fraction of sp³-hybridized carbons (Fsp3) is 0.432. The smallest absolute Gasteiger partial charge is 0.258 e. The number of benzene rings is 3. The maximum Gasteiger partial charge on any atom is 0.258 e. The zero-order chi connectivity index (χ0) is 34.7. The molecule has 0 saturated carbocycles. The van der Waals surface area contributed by atoms with Gasteiger partial charge in [-0.25, -0.2) is 8.78 Å². The maximum absolute atomic E-state index is 14.5. The van der Waals surface area contributed by atoms with Gasteiger partial charge in [-0.3, -0.25) is 24.3 Å². The minimum atomic E-state index is -1.28. The van der Waals surface area contributed by atoms with Crippen LogP contribution >= 0.6 is 0 Å². The Balaban J connectivity index is 1.52. The van der Waals surface area contributed by atoms with Crippen LogP contribution in [0.3, 0.4) is 0 Å². The van der Waals surface area contributed by atoms with Crippen LogP contribution in [0.5, 0.6) is 0 Å². The van der Waals surface area contributed by atoms with E-state index in [4.69, 9.17) is 0 Å². The summed E-state index contributed by atoms with van der Waals surface area (Å²) in [5.74, 6) is -1.95. The molecule has 258 valence electrons. The van der Waals surface area contributed by atoms with Crippen molar-refractivity contribution in [2.75, 3.05) is 46.4 Å². The number of quaternary nitrogens is 1. The first-order valence-corrected chi connectivity index (χ1v) is 16.8. The van der Waals surface area contributed by atoms with Crippen molar-refractivity contribution < 1.29 is 32.8 Å². The number of carboxylic acid groups (broad SMARTS) is 1. The SMILES string of the molecule is CCCN(CCC)C(=O)c1cccc(C(=O)NCCCC2C(c3cc(F)cc(F)c3)N(C)CC[N+]2(CNCc2ccccc2)C(=O)[O-])c1. The lowest BCUT2D eigenvalue weighted by Crippen LogP contribution is -2.73. The molecule has 3 aromatic carbocycles. The number of carbonyl (C=O) groups excluding carboxylic acids is 3. The van der Waals surface area contributed by atoms with Crippen molar-refractivity contribution >= 4 is 17.9 Å². The molecule has 11 heteroatoms. The van der Waals surface area contributed by atoms with E-state index in [9.17, 15) is 28.3 Å². The lowest BCUT2D eigenvalue weighted by atomic mass is 9.89. The summed E-state index contributed by atoms with van der Waals surface area (Å²) in [6.07, 6.45) is 1.10. The van der Waals surface area contributed by atoms with E-state index in [1.807, 2.05) is 56.1 Å². The van der Waals surface area contributed by atoms with Crippen LogP contribution in [0.25, 0.3) is 0 Å². The molecule has 0 aliphatic carbocycles. The van der Waals surface area contributed by atoms with Crippen LogP contribution < -0.4 is 15.7 Å². The van der Waals surface area contributed by atoms with E-state index >= 15 is 0 Å². The molecule has 3 unspecified atom stereocenters. The van der Waals surface area contributed by atoms with Crippen molar-refractivity contribution in [1.29, 1.82) is 0 Å². The number of nitrogens with zero attached hydrogens (tertiary/aromatic N) is 3. The van der Waals surface area contributed by atoms with Crippen LogP contribution in [0, 0.1) is 11.6 Å². The summed E-state index contributed by atoms with van der Waals surface area (Å²) in [7, 11) is 1.82. The van der Waals surface area contributed by atoms with E-state index in [-0.39, 0.29) is 31.6 Å². The van der Waals surface area contributed by atoms with Crippen LogP contribution in [0.1, 0.15) is 77.4 Å². The molecule has 0 aromatic heterocycles. The zero-order valence-corrected chi connectivity index (χ0v) is 28.1. The number of likely N-dealkylation sites (N-methyl/N-ethyl adjacent to an activating group) is 1. The van der Waals surface area contributed by atoms with Crippen LogP contribution in [0.4, 0.5) is 13.6 Å². The molecule has 1 heterocycles. The van der Waals surface area contributed by atoms with Crippen LogP contribution in [0.2, 0.25) is 0 Å². The van der Waals surface area contributed by atoms with Gasteiger partial charge in [-0.15, -0.1) is 0 Å². The van der Waals surface area contributed by atoms with Gasteiger partial charge in [0.15, 0.2) is 0 Å². The minimum absolute atomic E-state index is 0.0459. The summed E-state index contributed by atoms with van der Waals surface area (Å²) < 4.78 is 28.5. The van der Waals surface area contributed by atoms with Gasteiger partial charge in [0, 0.05) is 56.3 Å². The van der Waals surface area contributed by atoms with E-state index < -0.39 is 34.3 Å². The van der Waals surface area contributed by atoms with E-state index in [0.29, 0.717) is 55.7 Å². The number of amides is 3. The van der Waals surface area contributed by atoms with Crippen LogP contribution in [0.15, 0.2) is 72.8 Å². The summed E-state index contributed by atoms with van der Waals surface area (Å²) >= 11 is 0. The third-order valence-electron chi connectivity index (χ3n) is 9.09. The van der Waals surface area contributed by atoms with E-state index in [1.54, 1.807) is 29.2 Å². The van der Waals surface area contributed by atoms with Gasteiger partial charge in [-0.2, -0.15) is 0 Å². The summed E-state index contributed by atoms with van der Waals surface area (Å²) in [5, 5.41) is 19.2. The van der Waals surface area contributed by atoms with Crippen molar-refractivity contribution in [3.05, 3.63) is 107 Å². The Hall–Kier alpha value is -4.19. The van der Waals surface area contributed by atoms with Crippen molar-refractivity contribution in [3.63, 3.8) is 0 Å². The Labute approximate surface area is 282 Å². The first-order chi connectivity index (χ1) is 23.1. The fourth-order valence-corrected chi connectivity index (χ4v) is 6.76. The second-order valence-electron chi connectivity index (χ2n) is 12.6. The molecule has 1 saturated heterocycles. The number of rotatable bonds is 15. The van der Waals surface area contributed by atoms with Crippen molar-refractivity contribution in [2.45, 2.75) is 58.2 Å². The largest absolute Gasteiger partial charge is 0.498 e. The first-order valence-electron chi connectivity index (χ1n) is 16.8. The van der Waals surface area contributed by atoms with E-state index in [1.165, 1.54) is 12.1 Å². The molecule has 9 nitrogen and oxygen atoms in total. The second-order valence-corrected chi connectivity index (χ2v) is 12.6. The van der Waals surface area contributed by atoms with Gasteiger partial charge in [0.2, 0.25) is 0 Å². The highest BCUT2D eigenvalue weighted by Crippen LogP contribution is 2.38. The summed E-state index contributed by atoms with van der Waals surface area (Å²) in [5.41, 5.74) is 2.13. The maximum atomic E-state index is 14.5. The predicted octanol–water partition coefficient (Wildman–Crippen LogP) is 4.70. The van der Waals surface area contributed by atoms with Gasteiger partial charge in [0.1, 0.15) is 24.3 Å². The highest BCUT2D eigenvalue weighted by atomic mass is 19.1. The van der Waals surface area contributed by atoms with Gasteiger partial charge < -0.3 is 20.1 Å². The van der Waals surface area contributed by atoms with Crippen LogP contribution in [-0.2, 0) is 6.54 Å². The number of carbonyl (C=O) groups is 3. The predicted molar refractivity (Wildman–Crippen MR) is 179 cm³/mol. The molecule has 0 radical (unpaired) electrons. The lowest BCUT2D eigenvalue weighted by Gasteiger charge is -2.53. The Morgan fingerprint density at radius 2 is 1.60 bits per heavy atom. The van der Waals surface area contributed by atoms with Gasteiger partial charge in [-0.05, 0) is 67.8 Å². The van der Waals surface area contributed by atoms with Crippen molar-refractivity contribution in [2.24, 2.45) is 0 Å². The fourth-order valence-electron chi connectivity index (χ4n) is 6.76. The number of piperazine rings is 1. The average molecular weight is 664 g/mol. The van der Waals surface area contributed by atoms with Gasteiger partial charge in [-0.1, -0.05) is 50.2 Å². The number of hydrogen-bond donors (Lipinski definition) is 2. The normalized spacial score (nSPS) is 19.5. The Morgan fingerprint density at radius 1 is 0.938 bits per heavy atom. The molecule has 2 N–H and O–H groups in total.